The first kappa shape index (κ1) is 22.4. The van der Waals surface area contributed by atoms with E-state index in [9.17, 15) is 19.7 Å². The summed E-state index contributed by atoms with van der Waals surface area (Å²) in [7, 11) is 0. The van der Waals surface area contributed by atoms with E-state index in [1.54, 1.807) is 56.3 Å². The second-order valence-corrected chi connectivity index (χ2v) is 8.10. The molecule has 0 spiro atoms. The van der Waals surface area contributed by atoms with Crippen molar-refractivity contribution in [2.45, 2.75) is 13.8 Å². The van der Waals surface area contributed by atoms with Crippen molar-refractivity contribution < 1.29 is 18.9 Å². The zero-order valence-corrected chi connectivity index (χ0v) is 19.0. The summed E-state index contributed by atoms with van der Waals surface area (Å²) >= 11 is 11.1. The number of amides is 2. The first-order chi connectivity index (χ1) is 15.7. The van der Waals surface area contributed by atoms with Gasteiger partial charge >= 0.3 is 0 Å². The van der Waals surface area contributed by atoms with Gasteiger partial charge in [0.25, 0.3) is 17.5 Å². The van der Waals surface area contributed by atoms with E-state index in [2.05, 4.69) is 5.32 Å². The van der Waals surface area contributed by atoms with Gasteiger partial charge in [0.05, 0.1) is 10.6 Å². The Kier molecular flexibility index (Phi) is 5.84. The summed E-state index contributed by atoms with van der Waals surface area (Å²) in [5.74, 6) is -0.532. The maximum Gasteiger partial charge on any atom is 0.272 e. The Morgan fingerprint density at radius 3 is 2.42 bits per heavy atom. The minimum Gasteiger partial charge on any atom is -0.457 e. The fraction of sp³-hybridized carbons (Fsp3) is 0.0870. The van der Waals surface area contributed by atoms with Gasteiger partial charge < -0.3 is 4.42 Å². The second-order valence-electron chi connectivity index (χ2n) is 7.28. The molecule has 3 aromatic rings. The molecule has 0 aliphatic carbocycles. The minimum absolute atomic E-state index is 0.0212. The Morgan fingerprint density at radius 2 is 1.76 bits per heavy atom. The van der Waals surface area contributed by atoms with E-state index >= 15 is 0 Å². The van der Waals surface area contributed by atoms with Gasteiger partial charge in [0.1, 0.15) is 17.1 Å². The molecule has 1 aliphatic rings. The first-order valence-electron chi connectivity index (χ1n) is 9.69. The summed E-state index contributed by atoms with van der Waals surface area (Å²) in [6.45, 7) is 3.43. The SMILES string of the molecule is Cc1c(-c2ccc(C=C3C(=O)NC(=S)N(c4ccc(Cl)cc4)C3=O)o2)ccc([N+](=O)[O-])c1C. The molecule has 0 unspecified atom stereocenters. The molecule has 0 saturated carbocycles. The Hall–Kier alpha value is -3.82. The molecule has 8 nitrogen and oxygen atoms in total. The smallest absolute Gasteiger partial charge is 0.272 e. The lowest BCUT2D eigenvalue weighted by Gasteiger charge is -2.28. The van der Waals surface area contributed by atoms with Crippen LogP contribution in [0, 0.1) is 24.0 Å². The van der Waals surface area contributed by atoms with Crippen LogP contribution in [0.2, 0.25) is 5.02 Å². The van der Waals surface area contributed by atoms with Crippen LogP contribution in [0.5, 0.6) is 0 Å². The molecule has 166 valence electrons. The maximum atomic E-state index is 13.1. The molecular weight excluding hydrogens is 466 g/mol. The summed E-state index contributed by atoms with van der Waals surface area (Å²) in [5.41, 5.74) is 2.22. The number of carbonyl (C=O) groups excluding carboxylic acids is 2. The summed E-state index contributed by atoms with van der Waals surface area (Å²) in [5, 5.41) is 14.1. The molecule has 1 saturated heterocycles. The lowest BCUT2D eigenvalue weighted by molar-refractivity contribution is -0.385. The lowest BCUT2D eigenvalue weighted by Crippen LogP contribution is -2.54. The van der Waals surface area contributed by atoms with Crippen LogP contribution in [0.25, 0.3) is 17.4 Å². The molecule has 2 amide bonds. The van der Waals surface area contributed by atoms with E-state index in [1.165, 1.54) is 17.0 Å². The highest BCUT2D eigenvalue weighted by molar-refractivity contribution is 7.80. The number of halogens is 1. The highest BCUT2D eigenvalue weighted by Crippen LogP contribution is 2.33. The van der Waals surface area contributed by atoms with Gasteiger partial charge in [-0.15, -0.1) is 0 Å². The van der Waals surface area contributed by atoms with Crippen LogP contribution in [-0.2, 0) is 9.59 Å². The number of rotatable bonds is 4. The molecule has 10 heteroatoms. The topological polar surface area (TPSA) is 106 Å². The van der Waals surface area contributed by atoms with Gasteiger partial charge in [-0.25, -0.2) is 0 Å². The number of nitro groups is 1. The average molecular weight is 482 g/mol. The van der Waals surface area contributed by atoms with Crippen molar-refractivity contribution in [3.05, 3.63) is 86.1 Å². The Labute approximate surface area is 198 Å². The zero-order chi connectivity index (χ0) is 23.9. The minimum atomic E-state index is -0.643. The van der Waals surface area contributed by atoms with E-state index in [-0.39, 0.29) is 22.1 Å². The number of anilines is 1. The molecule has 4 rings (SSSR count). The average Bonchev–Trinajstić information content (AvgIpc) is 3.22. The lowest BCUT2D eigenvalue weighted by atomic mass is 10.00. The molecule has 0 atom stereocenters. The fourth-order valence-electron chi connectivity index (χ4n) is 3.47. The third-order valence-corrected chi connectivity index (χ3v) is 5.86. The van der Waals surface area contributed by atoms with Crippen LogP contribution >= 0.6 is 23.8 Å². The number of nitro benzene ring substituents is 1. The number of hydrogen-bond donors (Lipinski definition) is 1. The number of carbonyl (C=O) groups is 2. The van der Waals surface area contributed by atoms with Gasteiger partial charge in [-0.1, -0.05) is 11.6 Å². The second kappa shape index (κ2) is 8.61. The van der Waals surface area contributed by atoms with Crippen molar-refractivity contribution in [1.82, 2.24) is 5.32 Å². The van der Waals surface area contributed by atoms with Crippen molar-refractivity contribution in [2.24, 2.45) is 0 Å². The van der Waals surface area contributed by atoms with Crippen molar-refractivity contribution in [3.8, 4) is 11.3 Å². The molecular formula is C23H16ClN3O5S. The van der Waals surface area contributed by atoms with E-state index < -0.39 is 16.7 Å². The molecule has 0 radical (unpaired) electrons. The third kappa shape index (κ3) is 4.15. The predicted molar refractivity (Wildman–Crippen MR) is 128 cm³/mol. The molecule has 1 aromatic heterocycles. The molecule has 1 fully saturated rings. The van der Waals surface area contributed by atoms with Crippen molar-refractivity contribution in [2.75, 3.05) is 4.90 Å². The van der Waals surface area contributed by atoms with E-state index in [0.29, 0.717) is 33.2 Å². The molecule has 0 bridgehead atoms. The van der Waals surface area contributed by atoms with Gasteiger partial charge in [-0.05, 0) is 80.2 Å². The Morgan fingerprint density at radius 1 is 1.06 bits per heavy atom. The number of hydrogen-bond acceptors (Lipinski definition) is 6. The molecule has 2 heterocycles. The Balaban J connectivity index is 1.68. The van der Waals surface area contributed by atoms with Crippen LogP contribution < -0.4 is 10.2 Å². The van der Waals surface area contributed by atoms with Crippen LogP contribution in [0.4, 0.5) is 11.4 Å². The standard InChI is InChI=1S/C23H16ClN3O5S/c1-12-13(2)19(27(30)31)9-8-17(12)20-10-7-16(32-20)11-18-21(28)25-23(33)26(22(18)29)15-5-3-14(24)4-6-15/h3-11H,1-2H3,(H,25,28,33). The maximum absolute atomic E-state index is 13.1. The van der Waals surface area contributed by atoms with Crippen LogP contribution in [0.1, 0.15) is 16.9 Å². The van der Waals surface area contributed by atoms with Gasteiger partial charge in [-0.2, -0.15) is 0 Å². The van der Waals surface area contributed by atoms with Crippen molar-refractivity contribution in [1.29, 1.82) is 0 Å². The Bertz CT molecular complexity index is 1360. The quantitative estimate of drug-likeness (QED) is 0.186. The van der Waals surface area contributed by atoms with Gasteiger partial charge in [-0.3, -0.25) is 29.9 Å². The summed E-state index contributed by atoms with van der Waals surface area (Å²) in [4.78, 5) is 37.5. The first-order valence-corrected chi connectivity index (χ1v) is 10.5. The highest BCUT2D eigenvalue weighted by atomic mass is 35.5. The normalized spacial score (nSPS) is 15.2. The molecule has 1 N–H and O–H groups in total. The monoisotopic (exact) mass is 481 g/mol. The fourth-order valence-corrected chi connectivity index (χ4v) is 3.88. The zero-order valence-electron chi connectivity index (χ0n) is 17.4. The summed E-state index contributed by atoms with van der Waals surface area (Å²) in [6, 6.07) is 12.8. The molecule has 33 heavy (non-hydrogen) atoms. The number of furan rings is 1. The third-order valence-electron chi connectivity index (χ3n) is 5.32. The molecule has 2 aromatic carbocycles. The van der Waals surface area contributed by atoms with Crippen LogP contribution in [0.15, 0.2) is 58.5 Å². The van der Waals surface area contributed by atoms with Crippen molar-refractivity contribution >= 4 is 58.2 Å². The van der Waals surface area contributed by atoms with Gasteiger partial charge in [0.15, 0.2) is 5.11 Å². The summed E-state index contributed by atoms with van der Waals surface area (Å²) in [6.07, 6.45) is 1.33. The number of thiocarbonyl (C=S) groups is 1. The molecule has 1 aliphatic heterocycles. The summed E-state index contributed by atoms with van der Waals surface area (Å²) < 4.78 is 5.84. The van der Waals surface area contributed by atoms with Gasteiger partial charge in [0.2, 0.25) is 0 Å². The van der Waals surface area contributed by atoms with Crippen molar-refractivity contribution in [3.63, 3.8) is 0 Å². The van der Waals surface area contributed by atoms with E-state index in [0.717, 1.165) is 0 Å². The van der Waals surface area contributed by atoms with Crippen LogP contribution in [-0.4, -0.2) is 21.9 Å². The van der Waals surface area contributed by atoms with E-state index in [1.807, 2.05) is 0 Å². The van der Waals surface area contributed by atoms with Crippen LogP contribution in [0.3, 0.4) is 0 Å². The number of benzene rings is 2. The van der Waals surface area contributed by atoms with E-state index in [4.69, 9.17) is 28.2 Å². The largest absolute Gasteiger partial charge is 0.457 e. The number of nitrogens with zero attached hydrogens (tertiary/aromatic N) is 2. The number of nitrogens with one attached hydrogen (secondary N) is 1. The highest BCUT2D eigenvalue weighted by Gasteiger charge is 2.34. The predicted octanol–water partition coefficient (Wildman–Crippen LogP) is 4.96. The van der Waals surface area contributed by atoms with Gasteiger partial charge in [0, 0.05) is 22.2 Å².